The molecule has 0 aliphatic heterocycles. The molecule has 0 saturated heterocycles. The fourth-order valence-electron chi connectivity index (χ4n) is 2.58. The topological polar surface area (TPSA) is 88.8 Å². The van der Waals surface area contributed by atoms with Gasteiger partial charge in [0.2, 0.25) is 0 Å². The highest BCUT2D eigenvalue weighted by atomic mass is 16.5. The molecule has 3 aromatic rings. The first-order chi connectivity index (χ1) is 12.6. The quantitative estimate of drug-likeness (QED) is 0.704. The summed E-state index contributed by atoms with van der Waals surface area (Å²) in [5, 5.41) is 11.6. The van der Waals surface area contributed by atoms with Crippen LogP contribution in [0.25, 0.3) is 11.3 Å². The van der Waals surface area contributed by atoms with Crippen LogP contribution in [0.3, 0.4) is 0 Å². The van der Waals surface area contributed by atoms with Crippen LogP contribution in [0.2, 0.25) is 0 Å². The number of anilines is 1. The maximum Gasteiger partial charge on any atom is 0.307 e. The smallest absolute Gasteiger partial charge is 0.307 e. The van der Waals surface area contributed by atoms with Gasteiger partial charge in [0.05, 0.1) is 19.1 Å². The Kier molecular flexibility index (Phi) is 5.03. The number of methoxy groups -OCH3 is 1. The third kappa shape index (κ3) is 3.92. The number of benzene rings is 2. The number of rotatable bonds is 6. The SMILES string of the molecule is COc1ccccc1-c1ccc(C(=O)Nc2cccc(CC(=O)O)c2)o1. The Morgan fingerprint density at radius 1 is 1.08 bits per heavy atom. The van der Waals surface area contributed by atoms with Gasteiger partial charge in [0, 0.05) is 5.69 Å². The number of aliphatic carboxylic acids is 1. The van der Waals surface area contributed by atoms with E-state index in [1.54, 1.807) is 43.5 Å². The number of hydrogen-bond acceptors (Lipinski definition) is 4. The van der Waals surface area contributed by atoms with E-state index in [1.807, 2.05) is 24.3 Å². The fraction of sp³-hybridized carbons (Fsp3) is 0.100. The lowest BCUT2D eigenvalue weighted by Gasteiger charge is -2.06. The minimum absolute atomic E-state index is 0.109. The second-order valence-corrected chi connectivity index (χ2v) is 5.59. The number of para-hydroxylation sites is 1. The fourth-order valence-corrected chi connectivity index (χ4v) is 2.58. The molecule has 0 saturated carbocycles. The molecular weight excluding hydrogens is 334 g/mol. The Morgan fingerprint density at radius 2 is 1.88 bits per heavy atom. The van der Waals surface area contributed by atoms with Crippen molar-refractivity contribution < 1.29 is 23.8 Å². The van der Waals surface area contributed by atoms with Crippen LogP contribution in [-0.2, 0) is 11.2 Å². The average molecular weight is 351 g/mol. The molecule has 0 unspecified atom stereocenters. The van der Waals surface area contributed by atoms with E-state index in [4.69, 9.17) is 14.3 Å². The van der Waals surface area contributed by atoms with Gasteiger partial charge in [-0.25, -0.2) is 0 Å². The average Bonchev–Trinajstić information content (AvgIpc) is 3.11. The second kappa shape index (κ2) is 7.57. The molecule has 1 amide bonds. The number of hydrogen-bond donors (Lipinski definition) is 2. The lowest BCUT2D eigenvalue weighted by Crippen LogP contribution is -2.11. The molecule has 0 aliphatic carbocycles. The summed E-state index contributed by atoms with van der Waals surface area (Å²) >= 11 is 0. The van der Waals surface area contributed by atoms with E-state index in [2.05, 4.69) is 5.32 Å². The van der Waals surface area contributed by atoms with Crippen molar-refractivity contribution in [2.75, 3.05) is 12.4 Å². The van der Waals surface area contributed by atoms with E-state index < -0.39 is 11.9 Å². The molecule has 0 fully saturated rings. The van der Waals surface area contributed by atoms with Crippen molar-refractivity contribution >= 4 is 17.6 Å². The molecule has 1 heterocycles. The van der Waals surface area contributed by atoms with Crippen LogP contribution in [0.4, 0.5) is 5.69 Å². The third-order valence-corrected chi connectivity index (χ3v) is 3.74. The normalized spacial score (nSPS) is 10.3. The van der Waals surface area contributed by atoms with Crippen LogP contribution in [0, 0.1) is 0 Å². The van der Waals surface area contributed by atoms with E-state index in [-0.39, 0.29) is 12.2 Å². The lowest BCUT2D eigenvalue weighted by molar-refractivity contribution is -0.136. The van der Waals surface area contributed by atoms with Crippen LogP contribution in [0.15, 0.2) is 65.1 Å². The molecular formula is C20H17NO5. The highest BCUT2D eigenvalue weighted by Crippen LogP contribution is 2.31. The summed E-state index contributed by atoms with van der Waals surface area (Å²) in [7, 11) is 1.57. The molecule has 0 spiro atoms. The first-order valence-electron chi connectivity index (χ1n) is 7.92. The third-order valence-electron chi connectivity index (χ3n) is 3.74. The largest absolute Gasteiger partial charge is 0.496 e. The van der Waals surface area contributed by atoms with Crippen molar-refractivity contribution in [1.82, 2.24) is 0 Å². The summed E-state index contributed by atoms with van der Waals surface area (Å²) in [6, 6.07) is 17.3. The highest BCUT2D eigenvalue weighted by molar-refractivity contribution is 6.02. The first kappa shape index (κ1) is 17.3. The number of nitrogens with one attached hydrogen (secondary N) is 1. The monoisotopic (exact) mass is 351 g/mol. The minimum Gasteiger partial charge on any atom is -0.496 e. The minimum atomic E-state index is -0.930. The van der Waals surface area contributed by atoms with Crippen molar-refractivity contribution in [3.63, 3.8) is 0 Å². The van der Waals surface area contributed by atoms with Crippen LogP contribution in [0.1, 0.15) is 16.1 Å². The molecule has 0 bridgehead atoms. The van der Waals surface area contributed by atoms with Gasteiger partial charge in [-0.05, 0) is 42.0 Å². The molecule has 0 aliphatic rings. The van der Waals surface area contributed by atoms with E-state index >= 15 is 0 Å². The van der Waals surface area contributed by atoms with Gasteiger partial charge >= 0.3 is 5.97 Å². The van der Waals surface area contributed by atoms with E-state index in [1.165, 1.54) is 0 Å². The number of amides is 1. The Labute approximate surface area is 150 Å². The summed E-state index contributed by atoms with van der Waals surface area (Å²) in [4.78, 5) is 23.2. The maximum atomic E-state index is 12.4. The zero-order chi connectivity index (χ0) is 18.5. The summed E-state index contributed by atoms with van der Waals surface area (Å²) < 4.78 is 11.0. The van der Waals surface area contributed by atoms with Crippen molar-refractivity contribution in [2.45, 2.75) is 6.42 Å². The molecule has 6 nitrogen and oxygen atoms in total. The van der Waals surface area contributed by atoms with Gasteiger partial charge in [-0.1, -0.05) is 24.3 Å². The van der Waals surface area contributed by atoms with Crippen LogP contribution in [0.5, 0.6) is 5.75 Å². The van der Waals surface area contributed by atoms with E-state index in [0.717, 1.165) is 5.56 Å². The predicted molar refractivity (Wildman–Crippen MR) is 96.4 cm³/mol. The van der Waals surface area contributed by atoms with Gasteiger partial charge in [0.1, 0.15) is 11.5 Å². The molecule has 1 aromatic heterocycles. The van der Waals surface area contributed by atoms with Gasteiger partial charge in [0.25, 0.3) is 5.91 Å². The predicted octanol–water partition coefficient (Wildman–Crippen LogP) is 3.83. The van der Waals surface area contributed by atoms with Crippen molar-refractivity contribution in [2.24, 2.45) is 0 Å². The zero-order valence-corrected chi connectivity index (χ0v) is 14.1. The van der Waals surface area contributed by atoms with Crippen LogP contribution in [-0.4, -0.2) is 24.1 Å². The first-order valence-corrected chi connectivity index (χ1v) is 7.92. The Hall–Kier alpha value is -3.54. The number of carbonyl (C=O) groups is 2. The number of carboxylic acids is 1. The standard InChI is InChI=1S/C20H17NO5/c1-25-16-8-3-2-7-15(16)17-9-10-18(26-17)20(24)21-14-6-4-5-13(11-14)12-19(22)23/h2-11H,12H2,1H3,(H,21,24)(H,22,23). The Balaban J connectivity index is 1.77. The number of furan rings is 1. The van der Waals surface area contributed by atoms with Gasteiger partial charge in [0.15, 0.2) is 5.76 Å². The molecule has 26 heavy (non-hydrogen) atoms. The number of carbonyl (C=O) groups excluding carboxylic acids is 1. The zero-order valence-electron chi connectivity index (χ0n) is 14.1. The molecule has 6 heteroatoms. The highest BCUT2D eigenvalue weighted by Gasteiger charge is 2.15. The van der Waals surface area contributed by atoms with E-state index in [9.17, 15) is 9.59 Å². The summed E-state index contributed by atoms with van der Waals surface area (Å²) in [5.41, 5.74) is 1.85. The van der Waals surface area contributed by atoms with E-state index in [0.29, 0.717) is 22.8 Å². The Bertz CT molecular complexity index is 945. The molecule has 0 radical (unpaired) electrons. The maximum absolute atomic E-state index is 12.4. The Morgan fingerprint density at radius 3 is 2.65 bits per heavy atom. The van der Waals surface area contributed by atoms with Crippen molar-refractivity contribution in [1.29, 1.82) is 0 Å². The molecule has 0 atom stereocenters. The van der Waals surface area contributed by atoms with Crippen LogP contribution >= 0.6 is 0 Å². The van der Waals surface area contributed by atoms with Gasteiger partial charge in [-0.3, -0.25) is 9.59 Å². The molecule has 132 valence electrons. The summed E-state index contributed by atoms with van der Waals surface area (Å²) in [6.45, 7) is 0. The van der Waals surface area contributed by atoms with Gasteiger partial charge in [-0.2, -0.15) is 0 Å². The van der Waals surface area contributed by atoms with Crippen molar-refractivity contribution in [3.8, 4) is 17.1 Å². The lowest BCUT2D eigenvalue weighted by atomic mass is 10.1. The number of ether oxygens (including phenoxy) is 1. The molecule has 3 rings (SSSR count). The van der Waals surface area contributed by atoms with Gasteiger partial charge in [-0.15, -0.1) is 0 Å². The molecule has 2 aromatic carbocycles. The number of carboxylic acid groups (broad SMARTS) is 1. The van der Waals surface area contributed by atoms with Crippen molar-refractivity contribution in [3.05, 3.63) is 72.0 Å². The van der Waals surface area contributed by atoms with Crippen LogP contribution < -0.4 is 10.1 Å². The molecule has 2 N–H and O–H groups in total. The summed E-state index contributed by atoms with van der Waals surface area (Å²) in [5.74, 6) is -0.0310. The van der Waals surface area contributed by atoms with Gasteiger partial charge < -0.3 is 19.6 Å². The summed E-state index contributed by atoms with van der Waals surface area (Å²) in [6.07, 6.45) is -0.109. The second-order valence-electron chi connectivity index (χ2n) is 5.59.